The first kappa shape index (κ1) is 25.2. The largest absolute Gasteiger partial charge is 0.357 e. The van der Waals surface area contributed by atoms with Crippen LogP contribution in [-0.4, -0.2) is 64.8 Å². The maximum absolute atomic E-state index is 5.01. The van der Waals surface area contributed by atoms with Crippen molar-refractivity contribution in [2.45, 2.75) is 60.4 Å². The van der Waals surface area contributed by atoms with Crippen LogP contribution in [0.25, 0.3) is 0 Å². The Kier molecular flexibility index (Phi) is 11.4. The number of nitrogens with zero attached hydrogens (tertiary/aromatic N) is 5. The molecule has 1 aromatic heterocycles. The Labute approximate surface area is 189 Å². The molecule has 1 atom stereocenters. The number of aliphatic imine (C=N–C) groups is 1. The Hall–Kier alpha value is -0.830. The van der Waals surface area contributed by atoms with Crippen LogP contribution in [0.2, 0.25) is 0 Å². The zero-order chi connectivity index (χ0) is 19.8. The molecule has 1 aliphatic heterocycles. The standard InChI is InChI=1S/C21H40N6.HI/c1-7-19-18(20(8-2)25(6)24-19)14-23-21(22-9-3)27-13-12-17(16-27)15-26(10-4)11-5;/h17H,7-16H2,1-6H3,(H,22,23);1H. The summed E-state index contributed by atoms with van der Waals surface area (Å²) in [4.78, 5) is 10.0. The Morgan fingerprint density at radius 3 is 2.46 bits per heavy atom. The molecule has 1 aliphatic rings. The van der Waals surface area contributed by atoms with Gasteiger partial charge in [-0.15, -0.1) is 24.0 Å². The van der Waals surface area contributed by atoms with Gasteiger partial charge in [-0.05, 0) is 45.2 Å². The smallest absolute Gasteiger partial charge is 0.194 e. The van der Waals surface area contributed by atoms with Crippen molar-refractivity contribution >= 4 is 29.9 Å². The molecule has 0 amide bonds. The van der Waals surface area contributed by atoms with Crippen molar-refractivity contribution in [1.82, 2.24) is 24.9 Å². The highest BCUT2D eigenvalue weighted by Gasteiger charge is 2.26. The van der Waals surface area contributed by atoms with Crippen molar-refractivity contribution in [3.8, 4) is 0 Å². The van der Waals surface area contributed by atoms with Gasteiger partial charge in [0.05, 0.1) is 12.2 Å². The minimum atomic E-state index is 0. The molecule has 162 valence electrons. The molecular formula is C21H41IN6. The lowest BCUT2D eigenvalue weighted by Crippen LogP contribution is -2.41. The van der Waals surface area contributed by atoms with E-state index in [9.17, 15) is 0 Å². The number of aryl methyl sites for hydroxylation is 2. The summed E-state index contributed by atoms with van der Waals surface area (Å²) in [5.74, 6) is 1.80. The number of guanidine groups is 1. The van der Waals surface area contributed by atoms with Crippen molar-refractivity contribution in [3.05, 3.63) is 17.0 Å². The highest BCUT2D eigenvalue weighted by molar-refractivity contribution is 14.0. The molecule has 28 heavy (non-hydrogen) atoms. The fraction of sp³-hybridized carbons (Fsp3) is 0.810. The lowest BCUT2D eigenvalue weighted by molar-refractivity contribution is 0.255. The molecule has 0 spiro atoms. The molecule has 0 aliphatic carbocycles. The van der Waals surface area contributed by atoms with E-state index in [-0.39, 0.29) is 24.0 Å². The summed E-state index contributed by atoms with van der Waals surface area (Å²) in [5.41, 5.74) is 3.82. The Balaban J connectivity index is 0.00000392. The molecule has 0 radical (unpaired) electrons. The van der Waals surface area contributed by atoms with Gasteiger partial charge in [-0.2, -0.15) is 5.10 Å². The van der Waals surface area contributed by atoms with E-state index in [4.69, 9.17) is 10.1 Å². The van der Waals surface area contributed by atoms with E-state index >= 15 is 0 Å². The maximum Gasteiger partial charge on any atom is 0.194 e. The molecule has 2 rings (SSSR count). The average Bonchev–Trinajstić information content (AvgIpc) is 3.26. The van der Waals surface area contributed by atoms with Crippen LogP contribution in [0.4, 0.5) is 0 Å². The molecule has 1 N–H and O–H groups in total. The summed E-state index contributed by atoms with van der Waals surface area (Å²) in [6.45, 7) is 18.4. The third-order valence-electron chi connectivity index (χ3n) is 5.75. The number of likely N-dealkylation sites (tertiary alicyclic amines) is 1. The predicted molar refractivity (Wildman–Crippen MR) is 130 cm³/mol. The molecule has 0 bridgehead atoms. The number of hydrogen-bond acceptors (Lipinski definition) is 3. The Morgan fingerprint density at radius 1 is 1.18 bits per heavy atom. The molecule has 7 heteroatoms. The van der Waals surface area contributed by atoms with Crippen LogP contribution >= 0.6 is 24.0 Å². The fourth-order valence-corrected chi connectivity index (χ4v) is 4.17. The second kappa shape index (κ2) is 12.7. The van der Waals surface area contributed by atoms with E-state index in [0.717, 1.165) is 64.0 Å². The highest BCUT2D eigenvalue weighted by atomic mass is 127. The third-order valence-corrected chi connectivity index (χ3v) is 5.75. The van der Waals surface area contributed by atoms with Crippen molar-refractivity contribution in [1.29, 1.82) is 0 Å². The normalized spacial score (nSPS) is 17.3. The van der Waals surface area contributed by atoms with Crippen LogP contribution in [-0.2, 0) is 26.4 Å². The van der Waals surface area contributed by atoms with Gasteiger partial charge in [-0.3, -0.25) is 4.68 Å². The molecule has 1 unspecified atom stereocenters. The number of nitrogens with one attached hydrogen (secondary N) is 1. The van der Waals surface area contributed by atoms with E-state index in [1.165, 1.54) is 29.9 Å². The lowest BCUT2D eigenvalue weighted by Gasteiger charge is -2.24. The first-order chi connectivity index (χ1) is 13.1. The highest BCUT2D eigenvalue weighted by Crippen LogP contribution is 2.20. The van der Waals surface area contributed by atoms with Gasteiger partial charge in [-0.25, -0.2) is 4.99 Å². The SMILES string of the molecule is CCNC(=NCc1c(CC)nn(C)c1CC)N1CCC(CN(CC)CC)C1.I. The summed E-state index contributed by atoms with van der Waals surface area (Å²) in [5, 5.41) is 8.21. The summed E-state index contributed by atoms with van der Waals surface area (Å²) in [6.07, 6.45) is 3.22. The summed E-state index contributed by atoms with van der Waals surface area (Å²) in [6, 6.07) is 0. The van der Waals surface area contributed by atoms with Gasteiger partial charge in [0, 0.05) is 44.5 Å². The van der Waals surface area contributed by atoms with Gasteiger partial charge in [0.15, 0.2) is 5.96 Å². The number of rotatable bonds is 9. The van der Waals surface area contributed by atoms with E-state index in [2.05, 4.69) is 56.8 Å². The minimum absolute atomic E-state index is 0. The minimum Gasteiger partial charge on any atom is -0.357 e. The summed E-state index contributed by atoms with van der Waals surface area (Å²) in [7, 11) is 2.05. The summed E-state index contributed by atoms with van der Waals surface area (Å²) >= 11 is 0. The average molecular weight is 505 g/mol. The molecule has 0 aromatic carbocycles. The van der Waals surface area contributed by atoms with Gasteiger partial charge in [0.2, 0.25) is 0 Å². The van der Waals surface area contributed by atoms with Gasteiger partial charge >= 0.3 is 0 Å². The fourth-order valence-electron chi connectivity index (χ4n) is 4.17. The zero-order valence-electron chi connectivity index (χ0n) is 18.8. The Morgan fingerprint density at radius 2 is 1.89 bits per heavy atom. The van der Waals surface area contributed by atoms with E-state index in [0.29, 0.717) is 0 Å². The van der Waals surface area contributed by atoms with Crippen molar-refractivity contribution in [2.75, 3.05) is 39.3 Å². The quantitative estimate of drug-likeness (QED) is 0.319. The van der Waals surface area contributed by atoms with Gasteiger partial charge < -0.3 is 15.1 Å². The van der Waals surface area contributed by atoms with Gasteiger partial charge in [0.25, 0.3) is 0 Å². The van der Waals surface area contributed by atoms with Crippen LogP contribution < -0.4 is 5.32 Å². The van der Waals surface area contributed by atoms with Crippen molar-refractivity contribution in [2.24, 2.45) is 18.0 Å². The molecule has 2 heterocycles. The lowest BCUT2D eigenvalue weighted by atomic mass is 10.1. The second-order valence-electron chi connectivity index (χ2n) is 7.46. The van der Waals surface area contributed by atoms with Crippen molar-refractivity contribution in [3.63, 3.8) is 0 Å². The van der Waals surface area contributed by atoms with Crippen LogP contribution in [0, 0.1) is 5.92 Å². The number of halogens is 1. The number of hydrogen-bond donors (Lipinski definition) is 1. The van der Waals surface area contributed by atoms with Crippen LogP contribution in [0.15, 0.2) is 4.99 Å². The molecule has 0 saturated carbocycles. The van der Waals surface area contributed by atoms with Crippen LogP contribution in [0.5, 0.6) is 0 Å². The third kappa shape index (κ3) is 6.34. The van der Waals surface area contributed by atoms with E-state index in [1.807, 2.05) is 4.68 Å². The number of aromatic nitrogens is 2. The van der Waals surface area contributed by atoms with E-state index < -0.39 is 0 Å². The van der Waals surface area contributed by atoms with E-state index in [1.54, 1.807) is 0 Å². The molecule has 6 nitrogen and oxygen atoms in total. The Bertz CT molecular complexity index is 608. The molecule has 1 aromatic rings. The summed E-state index contributed by atoms with van der Waals surface area (Å²) < 4.78 is 2.03. The molecule has 1 saturated heterocycles. The van der Waals surface area contributed by atoms with Gasteiger partial charge in [0.1, 0.15) is 0 Å². The maximum atomic E-state index is 5.01. The first-order valence-corrected chi connectivity index (χ1v) is 10.9. The topological polar surface area (TPSA) is 48.7 Å². The van der Waals surface area contributed by atoms with Crippen LogP contribution in [0.3, 0.4) is 0 Å². The zero-order valence-corrected chi connectivity index (χ0v) is 21.1. The predicted octanol–water partition coefficient (Wildman–Crippen LogP) is 3.29. The van der Waals surface area contributed by atoms with Crippen molar-refractivity contribution < 1.29 is 0 Å². The molecular weight excluding hydrogens is 463 g/mol. The first-order valence-electron chi connectivity index (χ1n) is 10.9. The van der Waals surface area contributed by atoms with Gasteiger partial charge in [-0.1, -0.05) is 27.7 Å². The second-order valence-corrected chi connectivity index (χ2v) is 7.46. The molecule has 1 fully saturated rings. The monoisotopic (exact) mass is 504 g/mol. The van der Waals surface area contributed by atoms with Crippen LogP contribution in [0.1, 0.15) is 58.0 Å².